The smallest absolute Gasteiger partial charge is 0.492 e. The first-order valence-electron chi connectivity index (χ1n) is 13.5. The largest absolute Gasteiger partial charge is 0.534 e. The van der Waals surface area contributed by atoms with Crippen LogP contribution in [-0.4, -0.2) is 64.9 Å². The Morgan fingerprint density at radius 3 is 2.29 bits per heavy atom. The average molecular weight is 638 g/mol. The molecule has 0 N–H and O–H groups in total. The highest BCUT2D eigenvalue weighted by Gasteiger charge is 2.53. The van der Waals surface area contributed by atoms with E-state index in [1.807, 2.05) is 33.9 Å². The van der Waals surface area contributed by atoms with Crippen LogP contribution in [0.3, 0.4) is 0 Å². The summed E-state index contributed by atoms with van der Waals surface area (Å²) in [5.41, 5.74) is -5.24. The molecule has 15 heteroatoms. The summed E-state index contributed by atoms with van der Waals surface area (Å²) in [7, 11) is -7.25. The lowest BCUT2D eigenvalue weighted by Gasteiger charge is -2.47. The van der Waals surface area contributed by atoms with Gasteiger partial charge in [-0.3, -0.25) is 4.90 Å². The minimum absolute atomic E-state index is 0.00544. The molecule has 0 aromatic heterocycles. The van der Waals surface area contributed by atoms with Crippen molar-refractivity contribution < 1.29 is 53.9 Å². The molecule has 0 unspecified atom stereocenters. The molecule has 2 heterocycles. The number of halogens is 3. The standard InChI is InChI=1S/C27H38F3NO9SSi/c1-25(2,3)38-24(32)31-13-17-15(10-21-23(22(17)35-7)37-14-36-21)16-11-20(40-42(8,9)26(4,5)6)19(12-18(16)31)39-41(33,34)27(28,29)30/h10,12,16,18,20H,11,13-14H2,1-9H3/t16-,18+,20-/m1/s1. The van der Waals surface area contributed by atoms with Gasteiger partial charge >= 0.3 is 21.7 Å². The number of nitrogens with zero attached hydrogens (tertiary/aromatic N) is 1. The first-order valence-corrected chi connectivity index (χ1v) is 17.8. The number of hydrogen-bond acceptors (Lipinski definition) is 9. The third-order valence-corrected chi connectivity index (χ3v) is 13.4. The maximum absolute atomic E-state index is 13.5. The van der Waals surface area contributed by atoms with Crippen LogP contribution in [0, 0.1) is 0 Å². The van der Waals surface area contributed by atoms with Crippen LogP contribution in [0.5, 0.6) is 17.2 Å². The van der Waals surface area contributed by atoms with Crippen LogP contribution in [0.2, 0.25) is 18.1 Å². The third-order valence-electron chi connectivity index (χ3n) is 7.94. The Morgan fingerprint density at radius 2 is 1.74 bits per heavy atom. The zero-order chi connectivity index (χ0) is 31.6. The molecule has 1 aromatic carbocycles. The lowest BCUT2D eigenvalue weighted by atomic mass is 9.76. The maximum Gasteiger partial charge on any atom is 0.534 e. The highest BCUT2D eigenvalue weighted by molar-refractivity contribution is 7.87. The van der Waals surface area contributed by atoms with Crippen LogP contribution >= 0.6 is 0 Å². The lowest BCUT2D eigenvalue weighted by molar-refractivity contribution is -0.0538. The molecule has 3 aliphatic rings. The van der Waals surface area contributed by atoms with Crippen molar-refractivity contribution in [3.8, 4) is 17.2 Å². The van der Waals surface area contributed by atoms with E-state index < -0.39 is 59.5 Å². The molecule has 236 valence electrons. The van der Waals surface area contributed by atoms with Gasteiger partial charge in [0.15, 0.2) is 19.8 Å². The summed E-state index contributed by atoms with van der Waals surface area (Å²) >= 11 is 0. The molecular weight excluding hydrogens is 599 g/mol. The molecule has 3 atom stereocenters. The number of carbonyl (C=O) groups excluding carboxylic acids is 1. The summed E-state index contributed by atoms with van der Waals surface area (Å²) in [4.78, 5) is 14.8. The summed E-state index contributed by atoms with van der Waals surface area (Å²) in [6, 6.07) is 0.829. The van der Waals surface area contributed by atoms with Crippen LogP contribution in [-0.2, 0) is 30.0 Å². The van der Waals surface area contributed by atoms with Crippen LogP contribution in [0.15, 0.2) is 17.9 Å². The molecule has 0 radical (unpaired) electrons. The van der Waals surface area contributed by atoms with Crippen LogP contribution < -0.4 is 14.2 Å². The molecule has 10 nitrogen and oxygen atoms in total. The maximum atomic E-state index is 13.5. The Morgan fingerprint density at radius 1 is 1.10 bits per heavy atom. The Kier molecular flexibility index (Phi) is 8.07. The number of ether oxygens (including phenoxy) is 4. The number of benzene rings is 1. The molecule has 42 heavy (non-hydrogen) atoms. The van der Waals surface area contributed by atoms with Crippen LogP contribution in [0.1, 0.15) is 65.0 Å². The number of rotatable bonds is 5. The monoisotopic (exact) mass is 637 g/mol. The predicted molar refractivity (Wildman–Crippen MR) is 148 cm³/mol. The molecule has 0 fully saturated rings. The molecule has 0 spiro atoms. The van der Waals surface area contributed by atoms with Gasteiger partial charge in [-0.2, -0.15) is 21.6 Å². The van der Waals surface area contributed by atoms with E-state index >= 15 is 0 Å². The number of amides is 1. The number of fused-ring (bicyclic) bond motifs is 4. The Bertz CT molecular complexity index is 1380. The fourth-order valence-corrected chi connectivity index (χ4v) is 6.74. The zero-order valence-corrected chi connectivity index (χ0v) is 27.0. The highest BCUT2D eigenvalue weighted by atomic mass is 32.2. The van der Waals surface area contributed by atoms with Gasteiger partial charge in [-0.05, 0) is 63.0 Å². The Hall–Kier alpha value is -2.65. The fourth-order valence-electron chi connectivity index (χ4n) is 4.95. The highest BCUT2D eigenvalue weighted by Crippen LogP contribution is 2.53. The van der Waals surface area contributed by atoms with Gasteiger partial charge in [-0.15, -0.1) is 0 Å². The van der Waals surface area contributed by atoms with E-state index in [9.17, 15) is 26.4 Å². The van der Waals surface area contributed by atoms with Gasteiger partial charge in [-0.1, -0.05) is 20.8 Å². The van der Waals surface area contributed by atoms with Crippen molar-refractivity contribution in [2.75, 3.05) is 13.9 Å². The normalized spacial score (nSPS) is 22.6. The molecule has 4 rings (SSSR count). The summed E-state index contributed by atoms with van der Waals surface area (Å²) in [6.07, 6.45) is -0.668. The van der Waals surface area contributed by atoms with Gasteiger partial charge in [0.05, 0.1) is 19.7 Å². The van der Waals surface area contributed by atoms with Crippen molar-refractivity contribution in [2.45, 2.75) is 102 Å². The Labute approximate surface area is 245 Å². The van der Waals surface area contributed by atoms with Crippen LogP contribution in [0.25, 0.3) is 0 Å². The predicted octanol–water partition coefficient (Wildman–Crippen LogP) is 6.17. The SMILES string of the molecule is COc1c2c(cc3c1OCO3)[C@H]1C[C@@H](O[Si](C)(C)C(C)(C)C)C(OS(=O)(=O)C(F)(F)F)=C[C@@H]1N(C(=O)OC(C)(C)C)C2. The van der Waals surface area contributed by atoms with E-state index in [1.54, 1.807) is 26.8 Å². The number of methoxy groups -OCH3 is 1. The zero-order valence-electron chi connectivity index (χ0n) is 25.2. The summed E-state index contributed by atoms with van der Waals surface area (Å²) in [5.74, 6) is 0.0604. The molecule has 1 amide bonds. The first kappa shape index (κ1) is 32.3. The van der Waals surface area contributed by atoms with Crippen molar-refractivity contribution in [3.05, 3.63) is 29.0 Å². The van der Waals surface area contributed by atoms with Gasteiger partial charge in [0.25, 0.3) is 0 Å². The summed E-state index contributed by atoms with van der Waals surface area (Å²) in [6.45, 7) is 14.6. The minimum Gasteiger partial charge on any atom is -0.492 e. The first-order chi connectivity index (χ1) is 19.1. The Balaban J connectivity index is 1.91. The molecule has 2 aliphatic heterocycles. The van der Waals surface area contributed by atoms with Crippen LogP contribution in [0.4, 0.5) is 18.0 Å². The van der Waals surface area contributed by atoms with Crippen molar-refractivity contribution in [1.29, 1.82) is 0 Å². The fraction of sp³-hybridized carbons (Fsp3) is 0.667. The number of alkyl halides is 3. The van der Waals surface area contributed by atoms with E-state index in [1.165, 1.54) is 18.1 Å². The summed E-state index contributed by atoms with van der Waals surface area (Å²) < 4.78 is 98.7. The second kappa shape index (κ2) is 10.5. The lowest BCUT2D eigenvalue weighted by Crippen LogP contribution is -2.52. The van der Waals surface area contributed by atoms with E-state index in [4.69, 9.17) is 27.6 Å². The molecule has 0 saturated heterocycles. The van der Waals surface area contributed by atoms with Gasteiger partial charge in [0, 0.05) is 11.5 Å². The van der Waals surface area contributed by atoms with E-state index in [2.05, 4.69) is 0 Å². The van der Waals surface area contributed by atoms with E-state index in [0.717, 1.165) is 0 Å². The van der Waals surface area contributed by atoms with E-state index in [-0.39, 0.29) is 24.8 Å². The van der Waals surface area contributed by atoms with E-state index in [0.29, 0.717) is 28.4 Å². The van der Waals surface area contributed by atoms with Crippen molar-refractivity contribution in [1.82, 2.24) is 4.90 Å². The second-order valence-electron chi connectivity index (χ2n) is 13.1. The topological polar surface area (TPSA) is 110 Å². The summed E-state index contributed by atoms with van der Waals surface area (Å²) in [5, 5.41) is -0.361. The van der Waals surface area contributed by atoms with Crippen molar-refractivity contribution in [2.24, 2.45) is 0 Å². The molecule has 1 aliphatic carbocycles. The van der Waals surface area contributed by atoms with Crippen molar-refractivity contribution in [3.63, 3.8) is 0 Å². The second-order valence-corrected chi connectivity index (χ2v) is 19.4. The third kappa shape index (κ3) is 6.04. The van der Waals surface area contributed by atoms with Crippen molar-refractivity contribution >= 4 is 24.5 Å². The number of carbonyl (C=O) groups is 1. The van der Waals surface area contributed by atoms with Gasteiger partial charge in [-0.25, -0.2) is 4.79 Å². The van der Waals surface area contributed by atoms with Gasteiger partial charge in [0.1, 0.15) is 17.5 Å². The molecule has 1 aromatic rings. The van der Waals surface area contributed by atoms with Gasteiger partial charge in [0.2, 0.25) is 12.5 Å². The average Bonchev–Trinajstić information content (AvgIpc) is 3.28. The molecular formula is C27H38F3NO9SSi. The molecule has 0 bridgehead atoms. The molecule has 0 saturated carbocycles. The van der Waals surface area contributed by atoms with Gasteiger partial charge < -0.3 is 27.6 Å². The minimum atomic E-state index is -6.03. The number of hydrogen-bond donors (Lipinski definition) is 0. The quantitative estimate of drug-likeness (QED) is 0.213.